The molecule has 1 aromatic heterocycles. The summed E-state index contributed by atoms with van der Waals surface area (Å²) < 4.78 is 14.3. The lowest BCUT2D eigenvalue weighted by molar-refractivity contribution is 0.627. The minimum absolute atomic E-state index is 0.298. The smallest absolute Gasteiger partial charge is 0.148 e. The first-order valence-corrected chi connectivity index (χ1v) is 5.28. The van der Waals surface area contributed by atoms with Gasteiger partial charge < -0.3 is 0 Å². The Morgan fingerprint density at radius 1 is 1.44 bits per heavy atom. The van der Waals surface area contributed by atoms with Crippen LogP contribution in [0, 0.1) is 24.1 Å². The number of benzene rings is 1. The van der Waals surface area contributed by atoms with E-state index in [9.17, 15) is 4.39 Å². The lowest BCUT2D eigenvalue weighted by atomic mass is 10.1. The summed E-state index contributed by atoms with van der Waals surface area (Å²) in [6.07, 6.45) is 1.68. The normalized spacial score (nSPS) is 11.3. The third-order valence-electron chi connectivity index (χ3n) is 2.39. The van der Waals surface area contributed by atoms with Gasteiger partial charge in [-0.25, -0.2) is 9.07 Å². The van der Waals surface area contributed by atoms with E-state index in [4.69, 9.17) is 5.26 Å². The lowest BCUT2D eigenvalue weighted by Crippen LogP contribution is -2.04. The molecular weight excluding hydrogens is 233 g/mol. The van der Waals surface area contributed by atoms with E-state index < -0.39 is 0 Å². The quantitative estimate of drug-likeness (QED) is 0.770. The number of hydrogen-bond acceptors (Lipinski definition) is 4. The van der Waals surface area contributed by atoms with Crippen LogP contribution in [0.2, 0.25) is 0 Å². The third kappa shape index (κ3) is 2.77. The Morgan fingerprint density at radius 2 is 2.17 bits per heavy atom. The van der Waals surface area contributed by atoms with Crippen LogP contribution in [0.15, 0.2) is 29.8 Å². The molecule has 0 saturated carbocycles. The van der Waals surface area contributed by atoms with Crippen LogP contribution >= 0.6 is 0 Å². The Bertz CT molecular complexity index is 606. The van der Waals surface area contributed by atoms with Gasteiger partial charge in [0, 0.05) is 0 Å². The predicted molar refractivity (Wildman–Crippen MR) is 62.5 cm³/mol. The Kier molecular flexibility index (Phi) is 3.44. The SMILES string of the molecule is Cc1nnnn1C/C(C#N)=C/c1ccc(F)cc1. The fourth-order valence-electron chi connectivity index (χ4n) is 1.43. The molecule has 0 atom stereocenters. The number of nitrogens with zero attached hydrogens (tertiary/aromatic N) is 5. The van der Waals surface area contributed by atoms with Crippen molar-refractivity contribution in [3.8, 4) is 6.07 Å². The average Bonchev–Trinajstić information content (AvgIpc) is 2.77. The van der Waals surface area contributed by atoms with Gasteiger partial charge in [-0.3, -0.25) is 0 Å². The molecule has 6 heteroatoms. The highest BCUT2D eigenvalue weighted by Crippen LogP contribution is 2.09. The zero-order chi connectivity index (χ0) is 13.0. The summed E-state index contributed by atoms with van der Waals surface area (Å²) in [5.41, 5.74) is 1.26. The molecule has 2 aromatic rings. The molecule has 0 saturated heterocycles. The van der Waals surface area contributed by atoms with Crippen molar-refractivity contribution < 1.29 is 4.39 Å². The molecule has 0 bridgehead atoms. The highest BCUT2D eigenvalue weighted by atomic mass is 19.1. The molecule has 90 valence electrons. The van der Waals surface area contributed by atoms with Crippen molar-refractivity contribution in [2.45, 2.75) is 13.5 Å². The van der Waals surface area contributed by atoms with Crippen LogP contribution in [0.5, 0.6) is 0 Å². The zero-order valence-electron chi connectivity index (χ0n) is 9.71. The van der Waals surface area contributed by atoms with Crippen LogP contribution in [-0.4, -0.2) is 20.2 Å². The predicted octanol–water partition coefficient (Wildman–Crippen LogP) is 1.73. The summed E-state index contributed by atoms with van der Waals surface area (Å²) in [5.74, 6) is 0.331. The number of aryl methyl sites for hydroxylation is 1. The molecule has 18 heavy (non-hydrogen) atoms. The van der Waals surface area contributed by atoms with Gasteiger partial charge in [-0.15, -0.1) is 5.10 Å². The van der Waals surface area contributed by atoms with Crippen molar-refractivity contribution in [3.63, 3.8) is 0 Å². The van der Waals surface area contributed by atoms with Gasteiger partial charge in [0.15, 0.2) is 0 Å². The van der Waals surface area contributed by atoms with Gasteiger partial charge in [0.25, 0.3) is 0 Å². The lowest BCUT2D eigenvalue weighted by Gasteiger charge is -2.00. The summed E-state index contributed by atoms with van der Waals surface area (Å²) in [6.45, 7) is 2.06. The van der Waals surface area contributed by atoms with E-state index in [0.717, 1.165) is 5.56 Å². The van der Waals surface area contributed by atoms with Crippen LogP contribution in [0.3, 0.4) is 0 Å². The molecule has 1 aromatic carbocycles. The first kappa shape index (κ1) is 11.9. The van der Waals surface area contributed by atoms with E-state index in [-0.39, 0.29) is 5.82 Å². The van der Waals surface area contributed by atoms with Gasteiger partial charge in [-0.1, -0.05) is 12.1 Å². The van der Waals surface area contributed by atoms with Gasteiger partial charge in [-0.05, 0) is 41.1 Å². The molecule has 1 heterocycles. The summed E-state index contributed by atoms with van der Waals surface area (Å²) >= 11 is 0. The van der Waals surface area contributed by atoms with Crippen molar-refractivity contribution in [2.24, 2.45) is 0 Å². The van der Waals surface area contributed by atoms with Crippen molar-refractivity contribution in [3.05, 3.63) is 47.0 Å². The molecule has 0 unspecified atom stereocenters. The largest absolute Gasteiger partial charge is 0.225 e. The zero-order valence-corrected chi connectivity index (χ0v) is 9.71. The second-order valence-corrected chi connectivity index (χ2v) is 3.72. The molecule has 0 fully saturated rings. The number of tetrazole rings is 1. The molecule has 0 N–H and O–H groups in total. The molecule has 0 amide bonds. The minimum Gasteiger partial charge on any atom is -0.225 e. The van der Waals surface area contributed by atoms with E-state index in [0.29, 0.717) is 17.9 Å². The fourth-order valence-corrected chi connectivity index (χ4v) is 1.43. The molecule has 0 radical (unpaired) electrons. The topological polar surface area (TPSA) is 67.4 Å². The van der Waals surface area contributed by atoms with Crippen LogP contribution in [-0.2, 0) is 6.54 Å². The molecule has 0 aliphatic rings. The number of rotatable bonds is 3. The van der Waals surface area contributed by atoms with Gasteiger partial charge in [-0.2, -0.15) is 5.26 Å². The van der Waals surface area contributed by atoms with E-state index in [2.05, 4.69) is 21.6 Å². The minimum atomic E-state index is -0.304. The summed E-state index contributed by atoms with van der Waals surface area (Å²) in [4.78, 5) is 0. The van der Waals surface area contributed by atoms with Crippen molar-refractivity contribution in [2.75, 3.05) is 0 Å². The maximum Gasteiger partial charge on any atom is 0.148 e. The van der Waals surface area contributed by atoms with Crippen molar-refractivity contribution >= 4 is 6.08 Å². The Hall–Kier alpha value is -2.55. The van der Waals surface area contributed by atoms with Gasteiger partial charge >= 0.3 is 0 Å². The maximum absolute atomic E-state index is 12.7. The summed E-state index contributed by atoms with van der Waals surface area (Å²) in [7, 11) is 0. The number of aromatic nitrogens is 4. The Morgan fingerprint density at radius 3 is 2.72 bits per heavy atom. The van der Waals surface area contributed by atoms with Gasteiger partial charge in [0.2, 0.25) is 0 Å². The average molecular weight is 243 g/mol. The van der Waals surface area contributed by atoms with Crippen LogP contribution in [0.4, 0.5) is 4.39 Å². The fraction of sp³-hybridized carbons (Fsp3) is 0.167. The van der Waals surface area contributed by atoms with Crippen LogP contribution in [0.25, 0.3) is 6.08 Å². The Labute approximate surface area is 103 Å². The number of hydrogen-bond donors (Lipinski definition) is 0. The summed E-state index contributed by atoms with van der Waals surface area (Å²) in [5, 5.41) is 20.1. The molecule has 0 aliphatic carbocycles. The first-order valence-electron chi connectivity index (χ1n) is 5.28. The third-order valence-corrected chi connectivity index (χ3v) is 2.39. The first-order chi connectivity index (χ1) is 8.69. The molecular formula is C12H10FN5. The molecule has 0 spiro atoms. The monoisotopic (exact) mass is 243 g/mol. The van der Waals surface area contributed by atoms with Gasteiger partial charge in [0.05, 0.1) is 18.2 Å². The summed E-state index contributed by atoms with van der Waals surface area (Å²) in [6, 6.07) is 8.00. The number of allylic oxidation sites excluding steroid dienone is 1. The van der Waals surface area contributed by atoms with Crippen LogP contribution < -0.4 is 0 Å². The molecule has 2 rings (SSSR count). The second kappa shape index (κ2) is 5.19. The Balaban J connectivity index is 2.21. The van der Waals surface area contributed by atoms with E-state index in [1.807, 2.05) is 0 Å². The van der Waals surface area contributed by atoms with Crippen molar-refractivity contribution in [1.82, 2.24) is 20.2 Å². The van der Waals surface area contributed by atoms with Crippen molar-refractivity contribution in [1.29, 1.82) is 5.26 Å². The van der Waals surface area contributed by atoms with E-state index in [1.165, 1.54) is 16.8 Å². The van der Waals surface area contributed by atoms with E-state index >= 15 is 0 Å². The highest BCUT2D eigenvalue weighted by Gasteiger charge is 2.03. The van der Waals surface area contributed by atoms with Gasteiger partial charge in [0.1, 0.15) is 11.6 Å². The van der Waals surface area contributed by atoms with Crippen LogP contribution in [0.1, 0.15) is 11.4 Å². The second-order valence-electron chi connectivity index (χ2n) is 3.72. The number of halogens is 1. The molecule has 5 nitrogen and oxygen atoms in total. The van der Waals surface area contributed by atoms with E-state index in [1.54, 1.807) is 25.1 Å². The molecule has 0 aliphatic heterocycles. The maximum atomic E-state index is 12.7. The standard InChI is InChI=1S/C12H10FN5/c1-9-15-16-17-18(9)8-11(7-14)6-10-2-4-12(13)5-3-10/h2-6H,8H2,1H3/b11-6+. The number of nitriles is 1. The highest BCUT2D eigenvalue weighted by molar-refractivity contribution is 5.56.